The number of hydrogen-bond acceptors (Lipinski definition) is 5. The lowest BCUT2D eigenvalue weighted by molar-refractivity contribution is -0.151. The summed E-state index contributed by atoms with van der Waals surface area (Å²) >= 11 is 0. The molecule has 1 aromatic rings. The Morgan fingerprint density at radius 2 is 2.06 bits per heavy atom. The highest BCUT2D eigenvalue weighted by Crippen LogP contribution is 2.07. The van der Waals surface area contributed by atoms with Gasteiger partial charge in [0.15, 0.2) is 5.78 Å². The molecule has 5 heteroatoms. The second-order valence-electron chi connectivity index (χ2n) is 3.21. The van der Waals surface area contributed by atoms with Crippen LogP contribution in [0.5, 0.6) is 0 Å². The van der Waals surface area contributed by atoms with Crippen LogP contribution in [0.4, 0.5) is 0 Å². The van der Waals surface area contributed by atoms with Crippen molar-refractivity contribution in [2.45, 2.75) is 6.42 Å². The van der Waals surface area contributed by atoms with Gasteiger partial charge >= 0.3 is 5.97 Å². The third kappa shape index (κ3) is 3.24. The average Bonchev–Trinajstić information content (AvgIpc) is 2.37. The maximum Gasteiger partial charge on any atom is 0.374 e. The summed E-state index contributed by atoms with van der Waals surface area (Å²) in [6.45, 7) is 0. The number of methoxy groups -OCH3 is 1. The predicted molar refractivity (Wildman–Crippen MR) is 57.1 cm³/mol. The van der Waals surface area contributed by atoms with Gasteiger partial charge in [-0.3, -0.25) is 9.59 Å². The Balaban J connectivity index is 2.80. The van der Waals surface area contributed by atoms with Gasteiger partial charge < -0.3 is 4.74 Å². The minimum atomic E-state index is -1.05. The Kier molecular flexibility index (Phi) is 4.12. The number of rotatable bonds is 4. The van der Waals surface area contributed by atoms with Gasteiger partial charge in [0.1, 0.15) is 0 Å². The Hall–Kier alpha value is -2.48. The van der Waals surface area contributed by atoms with Crippen molar-refractivity contribution in [3.8, 4) is 6.07 Å². The first-order valence-corrected chi connectivity index (χ1v) is 4.73. The lowest BCUT2D eigenvalue weighted by atomic mass is 10.0. The Bertz CT molecular complexity index is 513. The van der Waals surface area contributed by atoms with Crippen LogP contribution < -0.4 is 0 Å². The first-order chi connectivity index (χ1) is 8.08. The van der Waals surface area contributed by atoms with E-state index in [1.165, 1.54) is 18.2 Å². The zero-order valence-corrected chi connectivity index (χ0v) is 9.10. The average molecular weight is 231 g/mol. The number of ether oxygens (including phenoxy) is 1. The minimum absolute atomic E-state index is 0.223. The molecule has 17 heavy (non-hydrogen) atoms. The number of nitrogens with zero attached hydrogens (tertiary/aromatic N) is 1. The van der Waals surface area contributed by atoms with Gasteiger partial charge in [-0.25, -0.2) is 4.79 Å². The van der Waals surface area contributed by atoms with Crippen LogP contribution in [0.25, 0.3) is 0 Å². The summed E-state index contributed by atoms with van der Waals surface area (Å²) in [7, 11) is 1.07. The molecule has 0 aliphatic carbocycles. The predicted octanol–water partition coefficient (Wildman–Crippen LogP) is 0.873. The van der Waals surface area contributed by atoms with E-state index in [4.69, 9.17) is 5.26 Å². The molecule has 5 nitrogen and oxygen atoms in total. The van der Waals surface area contributed by atoms with E-state index in [-0.39, 0.29) is 5.56 Å². The number of esters is 1. The molecule has 0 N–H and O–H groups in total. The summed E-state index contributed by atoms with van der Waals surface area (Å²) in [6, 6.07) is 7.81. The molecule has 0 saturated heterocycles. The summed E-state index contributed by atoms with van der Waals surface area (Å²) in [4.78, 5) is 33.6. The third-order valence-electron chi connectivity index (χ3n) is 2.05. The van der Waals surface area contributed by atoms with Gasteiger partial charge in [-0.15, -0.1) is 0 Å². The van der Waals surface area contributed by atoms with Crippen LogP contribution in [0.1, 0.15) is 22.3 Å². The standard InChI is InChI=1S/C12H9NO4/c1-17-12(16)11(15)6-10(14)9-4-2-3-8(5-9)7-13/h2-5H,6H2,1H3. The van der Waals surface area contributed by atoms with Crippen molar-refractivity contribution in [2.24, 2.45) is 0 Å². The minimum Gasteiger partial charge on any atom is -0.463 e. The molecule has 0 bridgehead atoms. The van der Waals surface area contributed by atoms with Crippen LogP contribution in [0.2, 0.25) is 0 Å². The summed E-state index contributed by atoms with van der Waals surface area (Å²) in [5.74, 6) is -2.47. The molecular weight excluding hydrogens is 222 g/mol. The number of nitriles is 1. The topological polar surface area (TPSA) is 84.2 Å². The van der Waals surface area contributed by atoms with Gasteiger partial charge in [0.2, 0.25) is 5.78 Å². The largest absolute Gasteiger partial charge is 0.463 e. The van der Waals surface area contributed by atoms with Crippen LogP contribution >= 0.6 is 0 Å². The van der Waals surface area contributed by atoms with Gasteiger partial charge in [-0.1, -0.05) is 12.1 Å². The fourth-order valence-electron chi connectivity index (χ4n) is 1.20. The van der Waals surface area contributed by atoms with Crippen molar-refractivity contribution in [1.82, 2.24) is 0 Å². The van der Waals surface area contributed by atoms with Crippen LogP contribution in [-0.4, -0.2) is 24.6 Å². The molecule has 0 aliphatic heterocycles. The van der Waals surface area contributed by atoms with E-state index in [1.807, 2.05) is 6.07 Å². The number of hydrogen-bond donors (Lipinski definition) is 0. The zero-order valence-electron chi connectivity index (χ0n) is 9.10. The summed E-state index contributed by atoms with van der Waals surface area (Å²) < 4.78 is 4.20. The Morgan fingerprint density at radius 3 is 2.65 bits per heavy atom. The maximum atomic E-state index is 11.6. The smallest absolute Gasteiger partial charge is 0.374 e. The van der Waals surface area contributed by atoms with Crippen LogP contribution in [-0.2, 0) is 14.3 Å². The first-order valence-electron chi connectivity index (χ1n) is 4.73. The Morgan fingerprint density at radius 1 is 1.35 bits per heavy atom. The number of Topliss-reactive ketones (excluding diaryl/α,β-unsaturated/α-hetero) is 2. The van der Waals surface area contributed by atoms with Crippen molar-refractivity contribution in [3.63, 3.8) is 0 Å². The van der Waals surface area contributed by atoms with E-state index < -0.39 is 24.0 Å². The molecule has 0 unspecified atom stereocenters. The highest BCUT2D eigenvalue weighted by Gasteiger charge is 2.19. The molecule has 1 aromatic carbocycles. The second kappa shape index (κ2) is 5.56. The lowest BCUT2D eigenvalue weighted by Crippen LogP contribution is -2.19. The van der Waals surface area contributed by atoms with E-state index in [0.29, 0.717) is 5.56 Å². The second-order valence-corrected chi connectivity index (χ2v) is 3.21. The van der Waals surface area contributed by atoms with Crippen molar-refractivity contribution < 1.29 is 19.1 Å². The van der Waals surface area contributed by atoms with Crippen molar-refractivity contribution in [2.75, 3.05) is 7.11 Å². The highest BCUT2D eigenvalue weighted by atomic mass is 16.5. The number of carbonyl (C=O) groups is 3. The molecule has 0 fully saturated rings. The Labute approximate surface area is 97.6 Å². The van der Waals surface area contributed by atoms with E-state index in [0.717, 1.165) is 7.11 Å². The van der Waals surface area contributed by atoms with Crippen molar-refractivity contribution in [3.05, 3.63) is 35.4 Å². The number of benzene rings is 1. The molecule has 0 heterocycles. The fourth-order valence-corrected chi connectivity index (χ4v) is 1.20. The quantitative estimate of drug-likeness (QED) is 0.332. The van der Waals surface area contributed by atoms with E-state index in [1.54, 1.807) is 6.07 Å². The molecule has 1 rings (SSSR count). The van der Waals surface area contributed by atoms with E-state index in [9.17, 15) is 14.4 Å². The van der Waals surface area contributed by atoms with Gasteiger partial charge in [0, 0.05) is 5.56 Å². The van der Waals surface area contributed by atoms with Crippen LogP contribution in [0.3, 0.4) is 0 Å². The van der Waals surface area contributed by atoms with Crippen molar-refractivity contribution >= 4 is 17.5 Å². The molecule has 0 atom stereocenters. The molecular formula is C12H9NO4. The number of ketones is 2. The summed E-state index contributed by atoms with van der Waals surface area (Å²) in [5.41, 5.74) is 0.544. The molecule has 0 aromatic heterocycles. The third-order valence-corrected chi connectivity index (χ3v) is 2.05. The maximum absolute atomic E-state index is 11.6. The molecule has 86 valence electrons. The van der Waals surface area contributed by atoms with Crippen molar-refractivity contribution in [1.29, 1.82) is 5.26 Å². The van der Waals surface area contributed by atoms with E-state index >= 15 is 0 Å². The zero-order chi connectivity index (χ0) is 12.8. The lowest BCUT2D eigenvalue weighted by Gasteiger charge is -2.00. The summed E-state index contributed by atoms with van der Waals surface area (Å²) in [5, 5.41) is 8.65. The van der Waals surface area contributed by atoms with Crippen LogP contribution in [0.15, 0.2) is 24.3 Å². The fraction of sp³-hybridized carbons (Fsp3) is 0.167. The van der Waals surface area contributed by atoms with Gasteiger partial charge in [-0.2, -0.15) is 5.26 Å². The first kappa shape index (κ1) is 12.6. The molecule has 0 radical (unpaired) electrons. The van der Waals surface area contributed by atoms with Crippen LogP contribution in [0, 0.1) is 11.3 Å². The molecule has 0 spiro atoms. The molecule has 0 amide bonds. The monoisotopic (exact) mass is 231 g/mol. The van der Waals surface area contributed by atoms with Gasteiger partial charge in [0.05, 0.1) is 25.2 Å². The molecule has 0 saturated carbocycles. The number of carbonyl (C=O) groups excluding carboxylic acids is 3. The van der Waals surface area contributed by atoms with Gasteiger partial charge in [-0.05, 0) is 12.1 Å². The normalized spacial score (nSPS) is 9.18. The van der Waals surface area contributed by atoms with E-state index in [2.05, 4.69) is 4.74 Å². The summed E-state index contributed by atoms with van der Waals surface area (Å²) in [6.07, 6.45) is -0.554. The SMILES string of the molecule is COC(=O)C(=O)CC(=O)c1cccc(C#N)c1. The molecule has 0 aliphatic rings. The highest BCUT2D eigenvalue weighted by molar-refractivity contribution is 6.38. The van der Waals surface area contributed by atoms with Gasteiger partial charge in [0.25, 0.3) is 0 Å².